The molecule has 0 saturated heterocycles. The van der Waals surface area contributed by atoms with Gasteiger partial charge in [-0.05, 0) is 49.3 Å². The van der Waals surface area contributed by atoms with Gasteiger partial charge in [0.15, 0.2) is 5.96 Å². The number of amides is 1. The Bertz CT molecular complexity index is 624. The van der Waals surface area contributed by atoms with E-state index in [2.05, 4.69) is 30.5 Å². The maximum atomic E-state index is 12.1. The number of hydrogen-bond acceptors (Lipinski definition) is 2. The lowest BCUT2D eigenvalue weighted by Crippen LogP contribution is -2.39. The molecule has 27 heavy (non-hydrogen) atoms. The fourth-order valence-corrected chi connectivity index (χ4v) is 3.44. The zero-order valence-corrected chi connectivity index (χ0v) is 19.5. The predicted octanol–water partition coefficient (Wildman–Crippen LogP) is 3.68. The van der Waals surface area contributed by atoms with Gasteiger partial charge >= 0.3 is 0 Å². The molecule has 1 saturated carbocycles. The van der Waals surface area contributed by atoms with Gasteiger partial charge in [0.05, 0.1) is 0 Å². The van der Waals surface area contributed by atoms with Crippen LogP contribution in [0.15, 0.2) is 29.3 Å². The van der Waals surface area contributed by atoms with Crippen molar-refractivity contribution in [1.29, 1.82) is 0 Å². The fourth-order valence-electron chi connectivity index (χ4n) is 3.44. The van der Waals surface area contributed by atoms with Gasteiger partial charge in [-0.3, -0.25) is 9.79 Å². The number of hydrogen-bond donors (Lipinski definition) is 2. The molecule has 2 N–H and O–H groups in total. The molecule has 1 amide bonds. The summed E-state index contributed by atoms with van der Waals surface area (Å²) >= 11 is 0. The van der Waals surface area contributed by atoms with Crippen molar-refractivity contribution in [3.8, 4) is 0 Å². The zero-order valence-electron chi connectivity index (χ0n) is 17.2. The van der Waals surface area contributed by atoms with Gasteiger partial charge < -0.3 is 15.5 Å². The largest absolute Gasteiger partial charge is 0.357 e. The summed E-state index contributed by atoms with van der Waals surface area (Å²) in [5.74, 6) is 0.931. The standard InChI is InChI=1S/C21H34N4O.HI/c1-5-22-20(24-16-21(2)12-6-7-13-21)23-14-11-17-9-8-10-18(15-17)19(26)25(3)4;/h8-10,15H,5-7,11-14,16H2,1-4H3,(H2,22,23,24);1H. The molecule has 0 radical (unpaired) electrons. The average molecular weight is 486 g/mol. The number of nitrogens with zero attached hydrogens (tertiary/aromatic N) is 2. The first kappa shape index (κ1) is 23.7. The Kier molecular flexibility index (Phi) is 10.1. The van der Waals surface area contributed by atoms with E-state index in [0.717, 1.165) is 43.1 Å². The van der Waals surface area contributed by atoms with Crippen LogP contribution in [-0.2, 0) is 6.42 Å². The second kappa shape index (κ2) is 11.5. The van der Waals surface area contributed by atoms with Gasteiger partial charge in [-0.25, -0.2) is 0 Å². The number of aliphatic imine (C=N–C) groups is 1. The molecule has 1 aromatic carbocycles. The van der Waals surface area contributed by atoms with Crippen LogP contribution in [-0.4, -0.2) is 50.5 Å². The normalized spacial score (nSPS) is 15.8. The third kappa shape index (κ3) is 7.68. The maximum absolute atomic E-state index is 12.1. The molecule has 0 bridgehead atoms. The molecule has 0 aromatic heterocycles. The number of carbonyl (C=O) groups is 1. The minimum Gasteiger partial charge on any atom is -0.357 e. The van der Waals surface area contributed by atoms with Crippen LogP contribution < -0.4 is 10.6 Å². The average Bonchev–Trinajstić information content (AvgIpc) is 3.06. The lowest BCUT2D eigenvalue weighted by molar-refractivity contribution is 0.0827. The summed E-state index contributed by atoms with van der Waals surface area (Å²) in [4.78, 5) is 18.5. The lowest BCUT2D eigenvalue weighted by atomic mass is 9.89. The third-order valence-corrected chi connectivity index (χ3v) is 5.06. The van der Waals surface area contributed by atoms with Gasteiger partial charge in [0.1, 0.15) is 0 Å². The highest BCUT2D eigenvalue weighted by Crippen LogP contribution is 2.37. The van der Waals surface area contributed by atoms with Crippen molar-refractivity contribution in [3.63, 3.8) is 0 Å². The first-order chi connectivity index (χ1) is 12.4. The predicted molar refractivity (Wildman–Crippen MR) is 124 cm³/mol. The first-order valence-electron chi connectivity index (χ1n) is 9.76. The van der Waals surface area contributed by atoms with Crippen LogP contribution in [0.1, 0.15) is 55.5 Å². The van der Waals surface area contributed by atoms with E-state index >= 15 is 0 Å². The molecule has 1 fully saturated rings. The van der Waals surface area contributed by atoms with Crippen LogP contribution in [0.3, 0.4) is 0 Å². The minimum atomic E-state index is 0. The number of benzene rings is 1. The Morgan fingerprint density at radius 1 is 1.22 bits per heavy atom. The molecule has 0 atom stereocenters. The van der Waals surface area contributed by atoms with Crippen LogP contribution >= 0.6 is 24.0 Å². The van der Waals surface area contributed by atoms with Gasteiger partial charge in [-0.2, -0.15) is 0 Å². The maximum Gasteiger partial charge on any atom is 0.253 e. The smallest absolute Gasteiger partial charge is 0.253 e. The molecule has 1 aromatic rings. The van der Waals surface area contributed by atoms with Crippen LogP contribution in [0.4, 0.5) is 0 Å². The lowest BCUT2D eigenvalue weighted by Gasteiger charge is -2.21. The second-order valence-corrected chi connectivity index (χ2v) is 7.79. The number of halogens is 1. The van der Waals surface area contributed by atoms with Crippen molar-refractivity contribution in [2.75, 3.05) is 33.7 Å². The number of nitrogens with one attached hydrogen (secondary N) is 2. The number of rotatable bonds is 7. The van der Waals surface area contributed by atoms with Gasteiger partial charge in [-0.1, -0.05) is 31.9 Å². The summed E-state index contributed by atoms with van der Waals surface area (Å²) in [6.07, 6.45) is 6.08. The molecule has 5 nitrogen and oxygen atoms in total. The van der Waals surface area contributed by atoms with Gasteiger partial charge in [-0.15, -0.1) is 24.0 Å². The van der Waals surface area contributed by atoms with E-state index in [9.17, 15) is 4.79 Å². The molecule has 6 heteroatoms. The molecule has 2 rings (SSSR count). The fraction of sp³-hybridized carbons (Fsp3) is 0.619. The molecular formula is C21H35IN4O. The van der Waals surface area contributed by atoms with E-state index < -0.39 is 0 Å². The topological polar surface area (TPSA) is 56.7 Å². The first-order valence-corrected chi connectivity index (χ1v) is 9.76. The summed E-state index contributed by atoms with van der Waals surface area (Å²) in [5.41, 5.74) is 2.26. The molecule has 0 unspecified atom stereocenters. The molecule has 1 aliphatic rings. The highest BCUT2D eigenvalue weighted by Gasteiger charge is 2.28. The van der Waals surface area contributed by atoms with E-state index in [4.69, 9.17) is 4.99 Å². The van der Waals surface area contributed by atoms with E-state index in [1.54, 1.807) is 19.0 Å². The Hall–Kier alpha value is -1.31. The van der Waals surface area contributed by atoms with E-state index in [0.29, 0.717) is 5.41 Å². The summed E-state index contributed by atoms with van der Waals surface area (Å²) in [6.45, 7) is 6.97. The van der Waals surface area contributed by atoms with E-state index in [1.165, 1.54) is 25.7 Å². The number of guanidine groups is 1. The summed E-state index contributed by atoms with van der Waals surface area (Å²) in [6, 6.07) is 7.87. The van der Waals surface area contributed by atoms with Crippen molar-refractivity contribution in [2.24, 2.45) is 10.4 Å². The molecule has 0 heterocycles. The molecule has 1 aliphatic carbocycles. The Morgan fingerprint density at radius 2 is 1.93 bits per heavy atom. The SMILES string of the molecule is CCNC(=NCC1(C)CCCC1)NCCc1cccc(C(=O)N(C)C)c1.I. The number of carbonyl (C=O) groups excluding carboxylic acids is 1. The highest BCUT2D eigenvalue weighted by molar-refractivity contribution is 14.0. The van der Waals surface area contributed by atoms with Crippen LogP contribution in [0.2, 0.25) is 0 Å². The van der Waals surface area contributed by atoms with Gasteiger partial charge in [0.25, 0.3) is 5.91 Å². The summed E-state index contributed by atoms with van der Waals surface area (Å²) in [5, 5.41) is 6.76. The zero-order chi connectivity index (χ0) is 19.0. The van der Waals surface area contributed by atoms with Crippen molar-refractivity contribution in [3.05, 3.63) is 35.4 Å². The summed E-state index contributed by atoms with van der Waals surface area (Å²) in [7, 11) is 3.56. The van der Waals surface area contributed by atoms with Crippen molar-refractivity contribution < 1.29 is 4.79 Å². The minimum absolute atomic E-state index is 0. The van der Waals surface area contributed by atoms with Crippen LogP contribution in [0.25, 0.3) is 0 Å². The third-order valence-electron chi connectivity index (χ3n) is 5.06. The summed E-state index contributed by atoms with van der Waals surface area (Å²) < 4.78 is 0. The monoisotopic (exact) mass is 486 g/mol. The molecule has 152 valence electrons. The van der Waals surface area contributed by atoms with Crippen molar-refractivity contribution in [1.82, 2.24) is 15.5 Å². The van der Waals surface area contributed by atoms with Gasteiger partial charge in [0.2, 0.25) is 0 Å². The molecule has 0 aliphatic heterocycles. The Labute approximate surface area is 181 Å². The molecular weight excluding hydrogens is 451 g/mol. The van der Waals surface area contributed by atoms with Crippen LogP contribution in [0, 0.1) is 5.41 Å². The quantitative estimate of drug-likeness (QED) is 0.351. The highest BCUT2D eigenvalue weighted by atomic mass is 127. The van der Waals surface area contributed by atoms with E-state index in [1.807, 2.05) is 18.2 Å². The van der Waals surface area contributed by atoms with Gasteiger partial charge in [0, 0.05) is 39.3 Å². The van der Waals surface area contributed by atoms with Crippen molar-refractivity contribution in [2.45, 2.75) is 46.0 Å². The van der Waals surface area contributed by atoms with E-state index in [-0.39, 0.29) is 29.9 Å². The Balaban J connectivity index is 0.00000364. The van der Waals surface area contributed by atoms with Crippen molar-refractivity contribution >= 4 is 35.8 Å². The van der Waals surface area contributed by atoms with Crippen LogP contribution in [0.5, 0.6) is 0 Å². The second-order valence-electron chi connectivity index (χ2n) is 7.79. The Morgan fingerprint density at radius 3 is 2.56 bits per heavy atom. The molecule has 0 spiro atoms.